The summed E-state index contributed by atoms with van der Waals surface area (Å²) in [4.78, 5) is 31.9. The summed E-state index contributed by atoms with van der Waals surface area (Å²) in [5.41, 5.74) is 2.52. The monoisotopic (exact) mass is 504 g/mol. The molecule has 4 rings (SSSR count). The number of hydrogen-bond donors (Lipinski definition) is 2. The predicted molar refractivity (Wildman–Crippen MR) is 139 cm³/mol. The van der Waals surface area contributed by atoms with Gasteiger partial charge in [-0.1, -0.05) is 36.4 Å². The van der Waals surface area contributed by atoms with Gasteiger partial charge in [-0.15, -0.1) is 11.3 Å². The Kier molecular flexibility index (Phi) is 8.25. The highest BCUT2D eigenvalue weighted by Crippen LogP contribution is 2.25. The lowest BCUT2D eigenvalue weighted by molar-refractivity contribution is -0.116. The van der Waals surface area contributed by atoms with Crippen LogP contribution in [0.5, 0.6) is 5.75 Å². The molecule has 0 saturated carbocycles. The maximum absolute atomic E-state index is 13.4. The normalized spacial score (nSPS) is 10.5. The Hall–Kier alpha value is -4.24. The second-order valence-electron chi connectivity index (χ2n) is 7.91. The summed E-state index contributed by atoms with van der Waals surface area (Å²) < 4.78 is 18.4. The van der Waals surface area contributed by atoms with Crippen molar-refractivity contribution in [2.24, 2.45) is 0 Å². The lowest BCUT2D eigenvalue weighted by Crippen LogP contribution is -2.33. The number of thiazole rings is 1. The van der Waals surface area contributed by atoms with Crippen molar-refractivity contribution in [1.29, 1.82) is 0 Å². The number of nitrogens with zero attached hydrogens (tertiary/aromatic N) is 2. The Balaban J connectivity index is 1.44. The third-order valence-corrected chi connectivity index (χ3v) is 6.04. The van der Waals surface area contributed by atoms with Gasteiger partial charge < -0.3 is 20.3 Å². The minimum absolute atomic E-state index is 0.0784. The van der Waals surface area contributed by atoms with Gasteiger partial charge in [0.15, 0.2) is 5.13 Å². The molecule has 0 aliphatic carbocycles. The first kappa shape index (κ1) is 24.9. The molecular weight excluding hydrogens is 479 g/mol. The predicted octanol–water partition coefficient (Wildman–Crippen LogP) is 5.71. The SMILES string of the molecule is COc1cccc(Nc2nc(C(=O)N(CCC(=O)Nc3ccc(F)cc3)Cc3ccccc3)cs2)c1. The van der Waals surface area contributed by atoms with Crippen LogP contribution >= 0.6 is 11.3 Å². The Morgan fingerprint density at radius 1 is 1.00 bits per heavy atom. The van der Waals surface area contributed by atoms with E-state index in [9.17, 15) is 14.0 Å². The van der Waals surface area contributed by atoms with E-state index in [1.54, 1.807) is 17.4 Å². The summed E-state index contributed by atoms with van der Waals surface area (Å²) in [6.45, 7) is 0.524. The Morgan fingerprint density at radius 2 is 1.78 bits per heavy atom. The number of nitrogens with one attached hydrogen (secondary N) is 2. The molecule has 4 aromatic rings. The molecule has 0 unspecified atom stereocenters. The molecule has 1 heterocycles. The van der Waals surface area contributed by atoms with E-state index in [4.69, 9.17) is 4.74 Å². The molecule has 2 amide bonds. The highest BCUT2D eigenvalue weighted by atomic mass is 32.1. The number of aromatic nitrogens is 1. The second kappa shape index (κ2) is 11.9. The molecule has 0 radical (unpaired) electrons. The lowest BCUT2D eigenvalue weighted by atomic mass is 10.2. The maximum Gasteiger partial charge on any atom is 0.273 e. The number of carbonyl (C=O) groups excluding carboxylic acids is 2. The number of anilines is 3. The van der Waals surface area contributed by atoms with E-state index < -0.39 is 0 Å². The fraction of sp³-hybridized carbons (Fsp3) is 0.148. The molecule has 0 aliphatic rings. The summed E-state index contributed by atoms with van der Waals surface area (Å²) in [5.74, 6) is -0.216. The van der Waals surface area contributed by atoms with Crippen LogP contribution in [0.2, 0.25) is 0 Å². The quantitative estimate of drug-likeness (QED) is 0.289. The highest BCUT2D eigenvalue weighted by Gasteiger charge is 2.20. The molecule has 36 heavy (non-hydrogen) atoms. The van der Waals surface area contributed by atoms with Crippen molar-refractivity contribution in [3.63, 3.8) is 0 Å². The third-order valence-electron chi connectivity index (χ3n) is 5.28. The smallest absolute Gasteiger partial charge is 0.273 e. The topological polar surface area (TPSA) is 83.6 Å². The second-order valence-corrected chi connectivity index (χ2v) is 8.77. The van der Waals surface area contributed by atoms with Crippen LogP contribution in [0.15, 0.2) is 84.2 Å². The highest BCUT2D eigenvalue weighted by molar-refractivity contribution is 7.14. The summed E-state index contributed by atoms with van der Waals surface area (Å²) in [6, 6.07) is 22.5. The minimum atomic E-state index is -0.379. The van der Waals surface area contributed by atoms with Gasteiger partial charge in [0.25, 0.3) is 5.91 Å². The lowest BCUT2D eigenvalue weighted by Gasteiger charge is -2.22. The first-order valence-electron chi connectivity index (χ1n) is 11.3. The van der Waals surface area contributed by atoms with Crippen LogP contribution in [0, 0.1) is 5.82 Å². The zero-order valence-corrected chi connectivity index (χ0v) is 20.4. The van der Waals surface area contributed by atoms with Gasteiger partial charge in [-0.3, -0.25) is 9.59 Å². The first-order chi connectivity index (χ1) is 17.5. The van der Waals surface area contributed by atoms with E-state index in [-0.39, 0.29) is 30.6 Å². The number of halogens is 1. The third kappa shape index (κ3) is 6.89. The maximum atomic E-state index is 13.4. The van der Waals surface area contributed by atoms with Crippen LogP contribution in [0.3, 0.4) is 0 Å². The molecule has 7 nitrogen and oxygen atoms in total. The molecule has 1 aromatic heterocycles. The summed E-state index contributed by atoms with van der Waals surface area (Å²) >= 11 is 1.32. The van der Waals surface area contributed by atoms with E-state index in [0.29, 0.717) is 28.8 Å². The fourth-order valence-electron chi connectivity index (χ4n) is 3.47. The number of ether oxygens (including phenoxy) is 1. The molecule has 0 bridgehead atoms. The van der Waals surface area contributed by atoms with Gasteiger partial charge in [-0.25, -0.2) is 9.37 Å². The van der Waals surface area contributed by atoms with Crippen molar-refractivity contribution in [2.45, 2.75) is 13.0 Å². The van der Waals surface area contributed by atoms with Crippen LogP contribution < -0.4 is 15.4 Å². The van der Waals surface area contributed by atoms with Crippen molar-refractivity contribution in [1.82, 2.24) is 9.88 Å². The van der Waals surface area contributed by atoms with E-state index in [0.717, 1.165) is 11.3 Å². The average Bonchev–Trinajstić information content (AvgIpc) is 3.36. The van der Waals surface area contributed by atoms with Gasteiger partial charge in [0, 0.05) is 42.3 Å². The Labute approximate surface area is 212 Å². The van der Waals surface area contributed by atoms with E-state index in [1.165, 1.54) is 35.6 Å². The average molecular weight is 505 g/mol. The molecule has 0 atom stereocenters. The van der Waals surface area contributed by atoms with Crippen LogP contribution in [-0.2, 0) is 11.3 Å². The Morgan fingerprint density at radius 3 is 2.53 bits per heavy atom. The minimum Gasteiger partial charge on any atom is -0.497 e. The van der Waals surface area contributed by atoms with Crippen molar-refractivity contribution >= 4 is 39.7 Å². The molecule has 0 fully saturated rings. The zero-order chi connectivity index (χ0) is 25.3. The molecule has 0 aliphatic heterocycles. The van der Waals surface area contributed by atoms with E-state index >= 15 is 0 Å². The van der Waals surface area contributed by atoms with Crippen LogP contribution in [-0.4, -0.2) is 35.4 Å². The van der Waals surface area contributed by atoms with Gasteiger partial charge in [-0.05, 0) is 42.0 Å². The van der Waals surface area contributed by atoms with Crippen molar-refractivity contribution in [3.8, 4) is 5.75 Å². The van der Waals surface area contributed by atoms with Gasteiger partial charge in [0.1, 0.15) is 17.3 Å². The van der Waals surface area contributed by atoms with Crippen LogP contribution in [0.25, 0.3) is 0 Å². The number of rotatable bonds is 10. The van der Waals surface area contributed by atoms with Gasteiger partial charge in [-0.2, -0.15) is 0 Å². The standard InChI is InChI=1S/C27H25FN4O3S/c1-35-23-9-5-8-22(16-23)30-27-31-24(18-36-27)26(34)32(17-19-6-3-2-4-7-19)15-14-25(33)29-21-12-10-20(28)11-13-21/h2-13,16,18H,14-15,17H2,1H3,(H,29,33)(H,30,31). The van der Waals surface area contributed by atoms with Crippen LogP contribution in [0.1, 0.15) is 22.5 Å². The van der Waals surface area contributed by atoms with Crippen molar-refractivity contribution in [3.05, 3.63) is 101 Å². The largest absolute Gasteiger partial charge is 0.497 e. The first-order valence-corrected chi connectivity index (χ1v) is 12.1. The molecule has 0 spiro atoms. The molecule has 184 valence electrons. The summed E-state index contributed by atoms with van der Waals surface area (Å²) in [7, 11) is 1.60. The molecular formula is C27H25FN4O3S. The number of benzene rings is 3. The Bertz CT molecular complexity index is 1310. The molecule has 9 heteroatoms. The van der Waals surface area contributed by atoms with Crippen molar-refractivity contribution < 1.29 is 18.7 Å². The van der Waals surface area contributed by atoms with Crippen molar-refractivity contribution in [2.75, 3.05) is 24.3 Å². The molecule has 0 saturated heterocycles. The fourth-order valence-corrected chi connectivity index (χ4v) is 4.17. The van der Waals surface area contributed by atoms with E-state index in [1.807, 2.05) is 54.6 Å². The number of methoxy groups -OCH3 is 1. The van der Waals surface area contributed by atoms with Gasteiger partial charge in [0.05, 0.1) is 7.11 Å². The molecule has 3 aromatic carbocycles. The summed E-state index contributed by atoms with van der Waals surface area (Å²) in [5, 5.41) is 8.19. The van der Waals surface area contributed by atoms with Crippen LogP contribution in [0.4, 0.5) is 20.9 Å². The molecule has 2 N–H and O–H groups in total. The number of hydrogen-bond acceptors (Lipinski definition) is 6. The van der Waals surface area contributed by atoms with Gasteiger partial charge >= 0.3 is 0 Å². The number of amides is 2. The van der Waals surface area contributed by atoms with E-state index in [2.05, 4.69) is 15.6 Å². The zero-order valence-electron chi connectivity index (χ0n) is 19.6. The number of carbonyl (C=O) groups is 2. The summed E-state index contributed by atoms with van der Waals surface area (Å²) in [6.07, 6.45) is 0.0784. The van der Waals surface area contributed by atoms with Gasteiger partial charge in [0.2, 0.25) is 5.91 Å².